The lowest BCUT2D eigenvalue weighted by molar-refractivity contribution is 0.414. The number of rotatable bonds is 4. The van der Waals surface area contributed by atoms with E-state index in [2.05, 4.69) is 4.98 Å². The van der Waals surface area contributed by atoms with Crippen LogP contribution in [0.5, 0.6) is 5.75 Å². The number of ether oxygens (including phenoxy) is 1. The number of hydrogen-bond acceptors (Lipinski definition) is 5. The summed E-state index contributed by atoms with van der Waals surface area (Å²) in [5.41, 5.74) is 0.320. The number of nitrogens with zero attached hydrogens (tertiary/aromatic N) is 2. The lowest BCUT2D eigenvalue weighted by atomic mass is 10.2. The Morgan fingerprint density at radius 3 is 2.43 bits per heavy atom. The highest BCUT2D eigenvalue weighted by Gasteiger charge is 2.19. The van der Waals surface area contributed by atoms with E-state index in [1.165, 1.54) is 43.6 Å². The molecule has 0 spiro atoms. The van der Waals surface area contributed by atoms with E-state index < -0.39 is 10.0 Å². The van der Waals surface area contributed by atoms with Crippen molar-refractivity contribution in [2.75, 3.05) is 11.6 Å². The van der Waals surface area contributed by atoms with Crippen molar-refractivity contribution >= 4 is 26.6 Å². The molecule has 0 amide bonds. The second-order valence-corrected chi connectivity index (χ2v) is 6.51. The van der Waals surface area contributed by atoms with Crippen molar-refractivity contribution in [3.63, 3.8) is 0 Å². The van der Waals surface area contributed by atoms with E-state index in [4.69, 9.17) is 4.74 Å². The van der Waals surface area contributed by atoms with Crippen LogP contribution in [0.25, 0.3) is 10.9 Å². The van der Waals surface area contributed by atoms with E-state index in [0.29, 0.717) is 16.7 Å². The first-order chi connectivity index (χ1) is 11.0. The van der Waals surface area contributed by atoms with Crippen molar-refractivity contribution < 1.29 is 13.2 Å². The predicted molar refractivity (Wildman–Crippen MR) is 87.8 cm³/mol. The van der Waals surface area contributed by atoms with Crippen LogP contribution in [0.4, 0.5) is 5.69 Å². The Morgan fingerprint density at radius 1 is 1.04 bits per heavy atom. The Labute approximate surface area is 133 Å². The summed E-state index contributed by atoms with van der Waals surface area (Å²) in [7, 11) is -2.75. The van der Waals surface area contributed by atoms with Gasteiger partial charge in [0.05, 0.1) is 23.2 Å². The molecule has 0 aliphatic heterocycles. The Balaban J connectivity index is 2.08. The zero-order chi connectivity index (χ0) is 16.4. The van der Waals surface area contributed by atoms with Gasteiger partial charge in [0.2, 0.25) is 0 Å². The van der Waals surface area contributed by atoms with Crippen molar-refractivity contribution in [1.82, 2.24) is 4.98 Å². The molecule has 7 heteroatoms. The Hall–Kier alpha value is -2.64. The van der Waals surface area contributed by atoms with Gasteiger partial charge in [0.15, 0.2) is 0 Å². The topological polar surface area (TPSA) is 82.6 Å². The second-order valence-electron chi connectivity index (χ2n) is 4.76. The summed E-state index contributed by atoms with van der Waals surface area (Å²) in [4.78, 5) is 4.00. The highest BCUT2D eigenvalue weighted by Crippen LogP contribution is 2.29. The molecule has 0 saturated heterocycles. The first-order valence-electron chi connectivity index (χ1n) is 6.74. The van der Waals surface area contributed by atoms with Crippen LogP contribution in [0.15, 0.2) is 65.7 Å². The van der Waals surface area contributed by atoms with Gasteiger partial charge >= 0.3 is 0 Å². The highest BCUT2D eigenvalue weighted by atomic mass is 32.2. The molecule has 0 fully saturated rings. The van der Waals surface area contributed by atoms with Gasteiger partial charge in [0.1, 0.15) is 5.75 Å². The molecular formula is C16H13N2O4S-. The largest absolute Gasteiger partial charge is 0.744 e. The van der Waals surface area contributed by atoms with E-state index in [1.807, 2.05) is 0 Å². The minimum absolute atomic E-state index is 0.00411. The average molecular weight is 329 g/mol. The zero-order valence-corrected chi connectivity index (χ0v) is 13.0. The highest BCUT2D eigenvalue weighted by molar-refractivity contribution is 7.93. The van der Waals surface area contributed by atoms with Gasteiger partial charge in [0.25, 0.3) is 10.0 Å². The normalized spacial score (nSPS) is 11.4. The predicted octanol–water partition coefficient (Wildman–Crippen LogP) is 2.94. The van der Waals surface area contributed by atoms with Crippen molar-refractivity contribution in [2.45, 2.75) is 4.90 Å². The van der Waals surface area contributed by atoms with Gasteiger partial charge in [-0.2, -0.15) is 0 Å². The first-order valence-corrected chi connectivity index (χ1v) is 8.18. The number of para-hydroxylation sites is 1. The third-order valence-corrected chi connectivity index (χ3v) is 4.88. The van der Waals surface area contributed by atoms with Gasteiger partial charge < -0.3 is 14.4 Å². The average Bonchev–Trinajstić information content (AvgIpc) is 2.60. The van der Waals surface area contributed by atoms with E-state index in [1.54, 1.807) is 24.3 Å². The molecule has 3 aromatic rings. The number of methoxy groups -OCH3 is 1. The summed E-state index contributed by atoms with van der Waals surface area (Å²) in [5, 5.41) is 13.2. The molecule has 0 N–H and O–H groups in total. The van der Waals surface area contributed by atoms with Crippen LogP contribution in [0.1, 0.15) is 0 Å². The molecule has 1 heterocycles. The van der Waals surface area contributed by atoms with Crippen molar-refractivity contribution in [2.24, 2.45) is 0 Å². The van der Waals surface area contributed by atoms with Crippen LogP contribution in [-0.4, -0.2) is 20.5 Å². The van der Waals surface area contributed by atoms with Gasteiger partial charge in [-0.1, -0.05) is 18.2 Å². The summed E-state index contributed by atoms with van der Waals surface area (Å²) in [6, 6.07) is 13.9. The molecule has 0 aliphatic rings. The van der Waals surface area contributed by atoms with Crippen LogP contribution in [0, 0.1) is 5.21 Å². The summed E-state index contributed by atoms with van der Waals surface area (Å²) in [6.07, 6.45) is 1.51. The van der Waals surface area contributed by atoms with E-state index in [0.717, 1.165) is 0 Å². The van der Waals surface area contributed by atoms with E-state index in [-0.39, 0.29) is 15.1 Å². The maximum Gasteiger partial charge on any atom is 0.254 e. The van der Waals surface area contributed by atoms with Crippen LogP contribution in [-0.2, 0) is 10.0 Å². The third kappa shape index (κ3) is 2.71. The maximum absolute atomic E-state index is 12.5. The molecule has 0 radical (unpaired) electrons. The number of fused-ring (bicyclic) bond motifs is 1. The lowest BCUT2D eigenvalue weighted by Gasteiger charge is -2.30. The van der Waals surface area contributed by atoms with Crippen LogP contribution >= 0.6 is 0 Å². The number of hydrogen-bond donors (Lipinski definition) is 0. The Kier molecular flexibility index (Phi) is 3.89. The quantitative estimate of drug-likeness (QED) is 0.687. The SMILES string of the molecule is COc1ccc(S(=O)(=O)N([O-])c2cccc3cccnc23)cc1. The monoisotopic (exact) mass is 329 g/mol. The first kappa shape index (κ1) is 15.3. The van der Waals surface area contributed by atoms with Gasteiger partial charge in [0, 0.05) is 11.6 Å². The molecule has 1 aromatic heterocycles. The Morgan fingerprint density at radius 2 is 1.74 bits per heavy atom. The summed E-state index contributed by atoms with van der Waals surface area (Å²) in [6.45, 7) is 0. The molecule has 6 nitrogen and oxygen atoms in total. The summed E-state index contributed by atoms with van der Waals surface area (Å²) in [5.74, 6) is 0.508. The van der Waals surface area contributed by atoms with Crippen molar-refractivity contribution in [3.05, 3.63) is 66.0 Å². The molecule has 0 unspecified atom stereocenters. The molecule has 0 saturated carbocycles. The standard InChI is InChI=1S/C16H13N2O4S/c1-22-13-7-9-14(10-8-13)23(20,21)18(19)15-6-2-4-12-5-3-11-17-16(12)15/h2-11H,1H3/q-1. The maximum atomic E-state index is 12.5. The van der Waals surface area contributed by atoms with Gasteiger partial charge in [-0.05, 0) is 36.4 Å². The summed E-state index contributed by atoms with van der Waals surface area (Å²) >= 11 is 0. The van der Waals surface area contributed by atoms with Gasteiger partial charge in [-0.15, -0.1) is 0 Å². The van der Waals surface area contributed by atoms with Crippen LogP contribution in [0.2, 0.25) is 0 Å². The fourth-order valence-electron chi connectivity index (χ4n) is 2.21. The van der Waals surface area contributed by atoms with Gasteiger partial charge in [-0.3, -0.25) is 4.98 Å². The number of benzene rings is 2. The van der Waals surface area contributed by atoms with Crippen LogP contribution in [0.3, 0.4) is 0 Å². The van der Waals surface area contributed by atoms with Crippen molar-refractivity contribution in [1.29, 1.82) is 0 Å². The fourth-order valence-corrected chi connectivity index (χ4v) is 3.29. The molecule has 118 valence electrons. The molecule has 0 atom stereocenters. The lowest BCUT2D eigenvalue weighted by Crippen LogP contribution is -2.25. The van der Waals surface area contributed by atoms with Gasteiger partial charge in [-0.25, -0.2) is 8.42 Å². The molecule has 3 rings (SSSR count). The number of pyridine rings is 1. The number of sulfonamides is 1. The Bertz CT molecular complexity index is 934. The fraction of sp³-hybridized carbons (Fsp3) is 0.0625. The third-order valence-electron chi connectivity index (χ3n) is 3.38. The number of aromatic nitrogens is 1. The second kappa shape index (κ2) is 5.86. The minimum Gasteiger partial charge on any atom is -0.744 e. The molecule has 0 aliphatic carbocycles. The van der Waals surface area contributed by atoms with Crippen LogP contribution < -0.4 is 9.21 Å². The zero-order valence-electron chi connectivity index (χ0n) is 12.2. The van der Waals surface area contributed by atoms with E-state index in [9.17, 15) is 13.6 Å². The minimum atomic E-state index is -4.23. The molecular weight excluding hydrogens is 316 g/mol. The number of anilines is 1. The van der Waals surface area contributed by atoms with Crippen molar-refractivity contribution in [3.8, 4) is 5.75 Å². The smallest absolute Gasteiger partial charge is 0.254 e. The molecule has 2 aromatic carbocycles. The molecule has 23 heavy (non-hydrogen) atoms. The van der Waals surface area contributed by atoms with E-state index >= 15 is 0 Å². The molecule has 0 bridgehead atoms. The summed E-state index contributed by atoms with van der Waals surface area (Å²) < 4.78 is 30.0.